The first kappa shape index (κ1) is 9.59. The van der Waals surface area contributed by atoms with Crippen LogP contribution in [-0.4, -0.2) is 15.7 Å². The second-order valence-corrected chi connectivity index (χ2v) is 3.42. The molecule has 0 amide bonds. The molecule has 0 unspecified atom stereocenters. The van der Waals surface area contributed by atoms with Crippen LogP contribution in [0.25, 0.3) is 0 Å². The summed E-state index contributed by atoms with van der Waals surface area (Å²) < 4.78 is 2.04. The fourth-order valence-corrected chi connectivity index (χ4v) is 1.45. The Hall–Kier alpha value is -0.500. The number of unbranched alkanes of at least 4 members (excludes halogenated alkanes) is 1. The SMILES string of the molecule is Cc1cc(C)n(CCCCCl)n1. The molecule has 1 aromatic rings. The minimum atomic E-state index is 0.749. The van der Waals surface area contributed by atoms with Crippen LogP contribution in [0.2, 0.25) is 0 Å². The van der Waals surface area contributed by atoms with E-state index < -0.39 is 0 Å². The van der Waals surface area contributed by atoms with Crippen molar-refractivity contribution >= 4 is 11.6 Å². The van der Waals surface area contributed by atoms with Crippen LogP contribution in [0.15, 0.2) is 6.07 Å². The van der Waals surface area contributed by atoms with Gasteiger partial charge in [-0.2, -0.15) is 5.10 Å². The summed E-state index contributed by atoms with van der Waals surface area (Å²) in [4.78, 5) is 0. The number of nitrogens with zero attached hydrogens (tertiary/aromatic N) is 2. The Morgan fingerprint density at radius 2 is 2.17 bits per heavy atom. The fourth-order valence-electron chi connectivity index (χ4n) is 1.26. The molecule has 1 heterocycles. The molecule has 0 saturated carbocycles. The van der Waals surface area contributed by atoms with Crippen LogP contribution < -0.4 is 0 Å². The van der Waals surface area contributed by atoms with Crippen molar-refractivity contribution in [1.82, 2.24) is 9.78 Å². The number of hydrogen-bond acceptors (Lipinski definition) is 1. The largest absolute Gasteiger partial charge is 0.270 e. The number of aromatic nitrogens is 2. The predicted molar refractivity (Wildman–Crippen MR) is 51.7 cm³/mol. The predicted octanol–water partition coefficient (Wildman–Crippen LogP) is 2.52. The molecule has 0 bridgehead atoms. The minimum absolute atomic E-state index is 0.749. The quantitative estimate of drug-likeness (QED) is 0.522. The van der Waals surface area contributed by atoms with E-state index in [-0.39, 0.29) is 0 Å². The molecule has 0 N–H and O–H groups in total. The highest BCUT2D eigenvalue weighted by Gasteiger charge is 1.98. The first-order chi connectivity index (χ1) is 5.74. The van der Waals surface area contributed by atoms with E-state index in [1.165, 1.54) is 5.69 Å². The Labute approximate surface area is 78.5 Å². The molecular formula is C9H15ClN2. The van der Waals surface area contributed by atoms with Crippen LogP contribution in [0.5, 0.6) is 0 Å². The van der Waals surface area contributed by atoms with E-state index in [1.54, 1.807) is 0 Å². The first-order valence-corrected chi connectivity index (χ1v) is 4.84. The van der Waals surface area contributed by atoms with Gasteiger partial charge in [0.1, 0.15) is 0 Å². The summed E-state index contributed by atoms with van der Waals surface area (Å²) in [7, 11) is 0. The highest BCUT2D eigenvalue weighted by Crippen LogP contribution is 2.03. The van der Waals surface area contributed by atoms with Gasteiger partial charge < -0.3 is 0 Å². The van der Waals surface area contributed by atoms with Crippen LogP contribution in [0.4, 0.5) is 0 Å². The maximum absolute atomic E-state index is 5.58. The standard InChI is InChI=1S/C9H15ClN2/c1-8-7-9(2)12(11-8)6-4-3-5-10/h7H,3-6H2,1-2H3. The van der Waals surface area contributed by atoms with Crippen LogP contribution >= 0.6 is 11.6 Å². The molecule has 12 heavy (non-hydrogen) atoms. The van der Waals surface area contributed by atoms with Crippen molar-refractivity contribution in [2.45, 2.75) is 33.2 Å². The lowest BCUT2D eigenvalue weighted by molar-refractivity contribution is 0.557. The van der Waals surface area contributed by atoms with Gasteiger partial charge >= 0.3 is 0 Å². The average Bonchev–Trinajstić information content (AvgIpc) is 2.31. The van der Waals surface area contributed by atoms with Gasteiger partial charge in [0.25, 0.3) is 0 Å². The molecule has 0 fully saturated rings. The Morgan fingerprint density at radius 1 is 1.42 bits per heavy atom. The van der Waals surface area contributed by atoms with Gasteiger partial charge in [-0.05, 0) is 32.8 Å². The smallest absolute Gasteiger partial charge is 0.0596 e. The molecule has 0 aliphatic heterocycles. The lowest BCUT2D eigenvalue weighted by Crippen LogP contribution is -2.02. The van der Waals surface area contributed by atoms with Gasteiger partial charge in [0.05, 0.1) is 5.69 Å². The summed E-state index contributed by atoms with van der Waals surface area (Å²) in [6.07, 6.45) is 2.19. The van der Waals surface area contributed by atoms with Gasteiger partial charge in [0, 0.05) is 18.1 Å². The summed E-state index contributed by atoms with van der Waals surface area (Å²) in [6, 6.07) is 2.10. The number of halogens is 1. The molecule has 0 spiro atoms. The minimum Gasteiger partial charge on any atom is -0.270 e. The molecule has 0 radical (unpaired) electrons. The van der Waals surface area contributed by atoms with Crippen molar-refractivity contribution in [3.63, 3.8) is 0 Å². The van der Waals surface area contributed by atoms with E-state index in [9.17, 15) is 0 Å². The third-order valence-corrected chi connectivity index (χ3v) is 2.12. The molecule has 2 nitrogen and oxygen atoms in total. The van der Waals surface area contributed by atoms with Gasteiger partial charge in [0.2, 0.25) is 0 Å². The van der Waals surface area contributed by atoms with Crippen molar-refractivity contribution in [3.8, 4) is 0 Å². The van der Waals surface area contributed by atoms with E-state index in [2.05, 4.69) is 18.1 Å². The van der Waals surface area contributed by atoms with Crippen LogP contribution in [-0.2, 0) is 6.54 Å². The topological polar surface area (TPSA) is 17.8 Å². The molecular weight excluding hydrogens is 172 g/mol. The summed E-state index contributed by atoms with van der Waals surface area (Å²) in [6.45, 7) is 5.10. The third kappa shape index (κ3) is 2.52. The first-order valence-electron chi connectivity index (χ1n) is 4.31. The third-order valence-electron chi connectivity index (χ3n) is 1.86. The fraction of sp³-hybridized carbons (Fsp3) is 0.667. The summed E-state index contributed by atoms with van der Waals surface area (Å²) in [5.74, 6) is 0.749. The molecule has 0 atom stereocenters. The van der Waals surface area contributed by atoms with E-state index in [0.717, 1.165) is 31.0 Å². The van der Waals surface area contributed by atoms with Crippen molar-refractivity contribution in [2.24, 2.45) is 0 Å². The number of hydrogen-bond donors (Lipinski definition) is 0. The Morgan fingerprint density at radius 3 is 2.67 bits per heavy atom. The molecule has 3 heteroatoms. The van der Waals surface area contributed by atoms with E-state index in [1.807, 2.05) is 11.6 Å². The summed E-state index contributed by atoms with van der Waals surface area (Å²) >= 11 is 5.58. The van der Waals surface area contributed by atoms with Crippen molar-refractivity contribution < 1.29 is 0 Å². The van der Waals surface area contributed by atoms with Gasteiger partial charge in [-0.1, -0.05) is 0 Å². The van der Waals surface area contributed by atoms with E-state index >= 15 is 0 Å². The average molecular weight is 187 g/mol. The maximum Gasteiger partial charge on any atom is 0.0596 e. The lowest BCUT2D eigenvalue weighted by atomic mass is 10.3. The maximum atomic E-state index is 5.58. The second-order valence-electron chi connectivity index (χ2n) is 3.05. The van der Waals surface area contributed by atoms with Gasteiger partial charge in [-0.3, -0.25) is 4.68 Å². The molecule has 0 aromatic carbocycles. The zero-order valence-electron chi connectivity index (χ0n) is 7.68. The lowest BCUT2D eigenvalue weighted by Gasteiger charge is -2.01. The highest BCUT2D eigenvalue weighted by atomic mass is 35.5. The van der Waals surface area contributed by atoms with Crippen molar-refractivity contribution in [3.05, 3.63) is 17.5 Å². The number of alkyl halides is 1. The molecule has 68 valence electrons. The zero-order valence-corrected chi connectivity index (χ0v) is 8.43. The Balaban J connectivity index is 2.45. The highest BCUT2D eigenvalue weighted by molar-refractivity contribution is 6.17. The summed E-state index contributed by atoms with van der Waals surface area (Å²) in [5.41, 5.74) is 2.33. The Bertz CT molecular complexity index is 243. The molecule has 1 rings (SSSR count). The van der Waals surface area contributed by atoms with E-state index in [0.29, 0.717) is 0 Å². The number of aryl methyl sites for hydroxylation is 3. The van der Waals surface area contributed by atoms with Gasteiger partial charge in [-0.25, -0.2) is 0 Å². The molecule has 0 aliphatic carbocycles. The van der Waals surface area contributed by atoms with Crippen LogP contribution in [0.1, 0.15) is 24.2 Å². The van der Waals surface area contributed by atoms with Crippen molar-refractivity contribution in [2.75, 3.05) is 5.88 Å². The van der Waals surface area contributed by atoms with Gasteiger partial charge in [-0.15, -0.1) is 11.6 Å². The van der Waals surface area contributed by atoms with Crippen molar-refractivity contribution in [1.29, 1.82) is 0 Å². The normalized spacial score (nSPS) is 10.6. The van der Waals surface area contributed by atoms with E-state index in [4.69, 9.17) is 11.6 Å². The zero-order chi connectivity index (χ0) is 8.97. The Kier molecular flexibility index (Phi) is 3.60. The van der Waals surface area contributed by atoms with Crippen LogP contribution in [0, 0.1) is 13.8 Å². The molecule has 0 aliphatic rings. The molecule has 1 aromatic heterocycles. The van der Waals surface area contributed by atoms with Crippen LogP contribution in [0.3, 0.4) is 0 Å². The second kappa shape index (κ2) is 4.51. The summed E-state index contributed by atoms with van der Waals surface area (Å²) in [5, 5.41) is 4.36. The van der Waals surface area contributed by atoms with Gasteiger partial charge in [0.15, 0.2) is 0 Å². The monoisotopic (exact) mass is 186 g/mol. The number of rotatable bonds is 4. The molecule has 0 saturated heterocycles.